The zero-order chi connectivity index (χ0) is 8.10. The van der Waals surface area contributed by atoms with Crippen LogP contribution in [-0.2, 0) is 4.74 Å². The fourth-order valence-electron chi connectivity index (χ4n) is 1.04. The molecule has 2 unspecified atom stereocenters. The monoisotopic (exact) mass is 174 g/mol. The zero-order valence-corrected chi connectivity index (χ0v) is 7.27. The van der Waals surface area contributed by atoms with Crippen LogP contribution in [0.3, 0.4) is 0 Å². The van der Waals surface area contributed by atoms with Crippen LogP contribution in [0.5, 0.6) is 0 Å². The first kappa shape index (κ1) is 9.06. The van der Waals surface area contributed by atoms with Gasteiger partial charge in [-0.1, -0.05) is 6.08 Å². The van der Waals surface area contributed by atoms with Gasteiger partial charge in [0.15, 0.2) is 0 Å². The lowest BCUT2D eigenvalue weighted by Crippen LogP contribution is -2.46. The largest absolute Gasteiger partial charge is 0.374 e. The van der Waals surface area contributed by atoms with E-state index in [0.717, 1.165) is 18.1 Å². The van der Waals surface area contributed by atoms with Gasteiger partial charge in [0, 0.05) is 11.5 Å². The fourth-order valence-corrected chi connectivity index (χ4v) is 1.96. The number of nitrogens with one attached hydrogen (secondary N) is 1. The third-order valence-corrected chi connectivity index (χ3v) is 2.71. The van der Waals surface area contributed by atoms with E-state index in [0.29, 0.717) is 0 Å². The van der Waals surface area contributed by atoms with Crippen LogP contribution in [0.1, 0.15) is 0 Å². The summed E-state index contributed by atoms with van der Waals surface area (Å²) in [6.07, 6.45) is 1.98. The normalized spacial score (nSPS) is 27.9. The van der Waals surface area contributed by atoms with Crippen LogP contribution in [0.2, 0.25) is 0 Å². The van der Waals surface area contributed by atoms with Crippen LogP contribution in [0.25, 0.3) is 0 Å². The van der Waals surface area contributed by atoms with Crippen molar-refractivity contribution in [2.45, 2.75) is 12.1 Å². The van der Waals surface area contributed by atoms with Crippen LogP contribution in [-0.4, -0.2) is 30.3 Å². The second-order valence-electron chi connectivity index (χ2n) is 2.41. The second kappa shape index (κ2) is 4.77. The van der Waals surface area contributed by atoms with Crippen molar-refractivity contribution in [3.8, 4) is 0 Å². The van der Waals surface area contributed by atoms with Gasteiger partial charge < -0.3 is 4.74 Å². The van der Waals surface area contributed by atoms with E-state index in [1.807, 2.05) is 11.8 Å². The van der Waals surface area contributed by atoms with Crippen molar-refractivity contribution < 1.29 is 4.74 Å². The molecule has 3 nitrogen and oxygen atoms in total. The van der Waals surface area contributed by atoms with Crippen molar-refractivity contribution >= 4 is 11.8 Å². The van der Waals surface area contributed by atoms with Crippen molar-refractivity contribution in [2.75, 3.05) is 18.1 Å². The van der Waals surface area contributed by atoms with E-state index >= 15 is 0 Å². The summed E-state index contributed by atoms with van der Waals surface area (Å²) >= 11 is 1.89. The molecule has 64 valence electrons. The quantitative estimate of drug-likeness (QED) is 0.363. The Morgan fingerprint density at radius 2 is 2.64 bits per heavy atom. The molecule has 0 aromatic heterocycles. The lowest BCUT2D eigenvalue weighted by atomic mass is 10.2. The van der Waals surface area contributed by atoms with Gasteiger partial charge in [-0.2, -0.15) is 11.8 Å². The Morgan fingerprint density at radius 3 is 3.09 bits per heavy atom. The summed E-state index contributed by atoms with van der Waals surface area (Å²) in [6.45, 7) is 4.50. The Balaban J connectivity index is 2.35. The molecule has 3 N–H and O–H groups in total. The van der Waals surface area contributed by atoms with Crippen molar-refractivity contribution in [3.63, 3.8) is 0 Å². The van der Waals surface area contributed by atoms with Crippen molar-refractivity contribution in [1.82, 2.24) is 5.43 Å². The van der Waals surface area contributed by atoms with E-state index in [2.05, 4.69) is 12.0 Å². The van der Waals surface area contributed by atoms with Crippen LogP contribution in [0.4, 0.5) is 0 Å². The van der Waals surface area contributed by atoms with Crippen LogP contribution < -0.4 is 11.3 Å². The number of hydrogen-bond acceptors (Lipinski definition) is 4. The number of ether oxygens (including phenoxy) is 1. The first-order chi connectivity index (χ1) is 5.38. The van der Waals surface area contributed by atoms with Gasteiger partial charge in [-0.3, -0.25) is 11.3 Å². The number of hydrogen-bond donors (Lipinski definition) is 2. The minimum atomic E-state index is 0.0859. The van der Waals surface area contributed by atoms with Gasteiger partial charge in [0.25, 0.3) is 0 Å². The number of thioether (sulfide) groups is 1. The van der Waals surface area contributed by atoms with Crippen molar-refractivity contribution in [3.05, 3.63) is 12.7 Å². The summed E-state index contributed by atoms with van der Waals surface area (Å²) in [4.78, 5) is 0. The Kier molecular flexibility index (Phi) is 3.93. The summed E-state index contributed by atoms with van der Waals surface area (Å²) in [7, 11) is 0. The Bertz CT molecular complexity index is 126. The molecule has 0 aliphatic carbocycles. The molecule has 11 heavy (non-hydrogen) atoms. The van der Waals surface area contributed by atoms with E-state index < -0.39 is 0 Å². The molecule has 0 radical (unpaired) electrons. The molecule has 1 fully saturated rings. The first-order valence-electron chi connectivity index (χ1n) is 3.66. The third kappa shape index (κ3) is 2.48. The van der Waals surface area contributed by atoms with Crippen molar-refractivity contribution in [2.24, 2.45) is 5.84 Å². The molecule has 0 amide bonds. The smallest absolute Gasteiger partial charge is 0.0867 e. The summed E-state index contributed by atoms with van der Waals surface area (Å²) < 4.78 is 5.49. The summed E-state index contributed by atoms with van der Waals surface area (Å²) in [5, 5.41) is 0. The summed E-state index contributed by atoms with van der Waals surface area (Å²) in [5.74, 6) is 7.39. The average Bonchev–Trinajstić information content (AvgIpc) is 2.09. The minimum Gasteiger partial charge on any atom is -0.374 e. The van der Waals surface area contributed by atoms with Crippen molar-refractivity contribution in [1.29, 1.82) is 0 Å². The topological polar surface area (TPSA) is 47.3 Å². The van der Waals surface area contributed by atoms with Gasteiger partial charge >= 0.3 is 0 Å². The number of rotatable bonds is 3. The van der Waals surface area contributed by atoms with E-state index in [-0.39, 0.29) is 12.1 Å². The molecule has 1 aliphatic rings. The molecule has 0 bridgehead atoms. The molecule has 1 aliphatic heterocycles. The lowest BCUT2D eigenvalue weighted by molar-refractivity contribution is 0.0588. The number of nitrogens with two attached hydrogens (primary N) is 1. The fraction of sp³-hybridized carbons (Fsp3) is 0.714. The highest BCUT2D eigenvalue weighted by Crippen LogP contribution is 2.15. The molecule has 0 aromatic rings. The minimum absolute atomic E-state index is 0.0859. The molecule has 0 aromatic carbocycles. The van der Waals surface area contributed by atoms with E-state index in [4.69, 9.17) is 10.6 Å². The second-order valence-corrected chi connectivity index (χ2v) is 3.56. The highest BCUT2D eigenvalue weighted by Gasteiger charge is 2.20. The molecule has 2 atom stereocenters. The van der Waals surface area contributed by atoms with Gasteiger partial charge in [-0.15, -0.1) is 6.58 Å². The van der Waals surface area contributed by atoms with Crippen LogP contribution in [0, 0.1) is 0 Å². The average molecular weight is 174 g/mol. The standard InChI is InChI=1S/C7H14N2OS/c1-2-6(9-8)7-5-11-4-3-10-7/h2,6-7,9H,1,3-5,8H2. The highest BCUT2D eigenvalue weighted by molar-refractivity contribution is 7.99. The van der Waals surface area contributed by atoms with E-state index in [1.165, 1.54) is 0 Å². The SMILES string of the molecule is C=CC(NN)C1CSCCO1. The van der Waals surface area contributed by atoms with Crippen LogP contribution in [0.15, 0.2) is 12.7 Å². The Labute approximate surface area is 71.3 Å². The number of hydrazine groups is 1. The van der Waals surface area contributed by atoms with Gasteiger partial charge in [-0.05, 0) is 0 Å². The van der Waals surface area contributed by atoms with Gasteiger partial charge in [0.1, 0.15) is 0 Å². The molecule has 1 rings (SSSR count). The predicted molar refractivity (Wildman–Crippen MR) is 48.4 cm³/mol. The molecule has 1 saturated heterocycles. The van der Waals surface area contributed by atoms with Gasteiger partial charge in [0.05, 0.1) is 18.8 Å². The van der Waals surface area contributed by atoms with Gasteiger partial charge in [-0.25, -0.2) is 0 Å². The molecular formula is C7H14N2OS. The van der Waals surface area contributed by atoms with Crippen LogP contribution >= 0.6 is 11.8 Å². The van der Waals surface area contributed by atoms with E-state index in [1.54, 1.807) is 6.08 Å². The summed E-state index contributed by atoms with van der Waals surface area (Å²) in [6, 6.07) is 0.0859. The molecular weight excluding hydrogens is 160 g/mol. The Morgan fingerprint density at radius 1 is 1.82 bits per heavy atom. The maximum absolute atomic E-state index is 5.49. The molecule has 1 heterocycles. The molecule has 0 spiro atoms. The predicted octanol–water partition coefficient (Wildman–Crippen LogP) is 0.136. The third-order valence-electron chi connectivity index (χ3n) is 1.69. The van der Waals surface area contributed by atoms with E-state index in [9.17, 15) is 0 Å². The maximum Gasteiger partial charge on any atom is 0.0867 e. The van der Waals surface area contributed by atoms with Gasteiger partial charge in [0.2, 0.25) is 0 Å². The first-order valence-corrected chi connectivity index (χ1v) is 4.82. The molecule has 0 saturated carbocycles. The summed E-state index contributed by atoms with van der Waals surface area (Å²) in [5.41, 5.74) is 2.67. The zero-order valence-electron chi connectivity index (χ0n) is 6.45. The Hall–Kier alpha value is -0.0300. The highest BCUT2D eigenvalue weighted by atomic mass is 32.2. The maximum atomic E-state index is 5.49. The molecule has 4 heteroatoms. The lowest BCUT2D eigenvalue weighted by Gasteiger charge is -2.27.